The minimum absolute atomic E-state index is 0.0692. The number of carbonyl (C=O) groups is 1. The molecule has 0 saturated carbocycles. The molecular weight excluding hydrogens is 296 g/mol. The standard InChI is InChI=1S/C14H17F2N3OS/c1-18(8-12(20)19-4-2-3-5-19)13-10(15)6-9(14(17)21)7-11(13)16/h6-7H,2-5,8H2,1H3,(H2,17,21). The number of hydrogen-bond acceptors (Lipinski definition) is 3. The fraction of sp³-hybridized carbons (Fsp3) is 0.429. The number of nitrogens with zero attached hydrogens (tertiary/aromatic N) is 2. The van der Waals surface area contributed by atoms with Gasteiger partial charge in [-0.15, -0.1) is 0 Å². The van der Waals surface area contributed by atoms with Gasteiger partial charge in [0.05, 0.1) is 6.54 Å². The van der Waals surface area contributed by atoms with E-state index in [2.05, 4.69) is 0 Å². The number of carbonyl (C=O) groups excluding carboxylic acids is 1. The molecule has 0 radical (unpaired) electrons. The first-order chi connectivity index (χ1) is 9.90. The van der Waals surface area contributed by atoms with Crippen molar-refractivity contribution in [3.63, 3.8) is 0 Å². The van der Waals surface area contributed by atoms with Crippen LogP contribution >= 0.6 is 12.2 Å². The zero-order valence-electron chi connectivity index (χ0n) is 11.7. The minimum Gasteiger partial charge on any atom is -0.389 e. The van der Waals surface area contributed by atoms with Gasteiger partial charge < -0.3 is 15.5 Å². The van der Waals surface area contributed by atoms with Crippen LogP contribution in [-0.2, 0) is 4.79 Å². The molecule has 0 aliphatic carbocycles. The van der Waals surface area contributed by atoms with Crippen LogP contribution in [0.5, 0.6) is 0 Å². The van der Waals surface area contributed by atoms with Gasteiger partial charge >= 0.3 is 0 Å². The molecule has 2 rings (SSSR count). The number of thiocarbonyl (C=S) groups is 1. The monoisotopic (exact) mass is 313 g/mol. The molecule has 0 bridgehead atoms. The Hall–Kier alpha value is -1.76. The summed E-state index contributed by atoms with van der Waals surface area (Å²) in [7, 11) is 1.48. The van der Waals surface area contributed by atoms with E-state index in [4.69, 9.17) is 18.0 Å². The van der Waals surface area contributed by atoms with Crippen LogP contribution in [0.4, 0.5) is 14.5 Å². The van der Waals surface area contributed by atoms with Crippen LogP contribution in [0, 0.1) is 11.6 Å². The number of amides is 1. The number of rotatable bonds is 4. The fourth-order valence-corrected chi connectivity index (χ4v) is 2.54. The van der Waals surface area contributed by atoms with E-state index < -0.39 is 11.6 Å². The highest BCUT2D eigenvalue weighted by Gasteiger charge is 2.22. The summed E-state index contributed by atoms with van der Waals surface area (Å²) in [5.74, 6) is -1.70. The molecule has 1 amide bonds. The number of benzene rings is 1. The van der Waals surface area contributed by atoms with Gasteiger partial charge in [0, 0.05) is 25.7 Å². The number of hydrogen-bond donors (Lipinski definition) is 1. The van der Waals surface area contributed by atoms with Crippen molar-refractivity contribution < 1.29 is 13.6 Å². The van der Waals surface area contributed by atoms with Crippen LogP contribution in [0.3, 0.4) is 0 Å². The molecule has 7 heteroatoms. The zero-order chi connectivity index (χ0) is 15.6. The van der Waals surface area contributed by atoms with Crippen molar-refractivity contribution in [2.24, 2.45) is 5.73 Å². The van der Waals surface area contributed by atoms with Crippen LogP contribution in [0.25, 0.3) is 0 Å². The molecule has 21 heavy (non-hydrogen) atoms. The van der Waals surface area contributed by atoms with Gasteiger partial charge in [-0.05, 0) is 25.0 Å². The van der Waals surface area contributed by atoms with E-state index >= 15 is 0 Å². The van der Waals surface area contributed by atoms with E-state index in [-0.39, 0.29) is 28.7 Å². The number of anilines is 1. The van der Waals surface area contributed by atoms with Crippen LogP contribution < -0.4 is 10.6 Å². The maximum absolute atomic E-state index is 14.0. The predicted octanol–water partition coefficient (Wildman–Crippen LogP) is 1.66. The third kappa shape index (κ3) is 3.47. The molecule has 0 atom stereocenters. The third-order valence-corrected chi connectivity index (χ3v) is 3.75. The maximum Gasteiger partial charge on any atom is 0.242 e. The Morgan fingerprint density at radius 2 is 1.86 bits per heavy atom. The van der Waals surface area contributed by atoms with Gasteiger partial charge in [0.15, 0.2) is 0 Å². The summed E-state index contributed by atoms with van der Waals surface area (Å²) < 4.78 is 28.1. The Morgan fingerprint density at radius 1 is 1.33 bits per heavy atom. The lowest BCUT2D eigenvalue weighted by atomic mass is 10.1. The summed E-state index contributed by atoms with van der Waals surface area (Å²) in [6, 6.07) is 2.16. The second kappa shape index (κ2) is 6.34. The summed E-state index contributed by atoms with van der Waals surface area (Å²) in [5.41, 5.74) is 5.25. The van der Waals surface area contributed by atoms with Gasteiger partial charge in [0.25, 0.3) is 0 Å². The molecule has 1 saturated heterocycles. The molecule has 2 N–H and O–H groups in total. The zero-order valence-corrected chi connectivity index (χ0v) is 12.6. The molecule has 1 aliphatic heterocycles. The van der Waals surface area contributed by atoms with E-state index in [0.29, 0.717) is 13.1 Å². The first-order valence-corrected chi connectivity index (χ1v) is 7.08. The normalized spacial score (nSPS) is 14.3. The molecule has 1 aromatic rings. The van der Waals surface area contributed by atoms with Gasteiger partial charge in [-0.1, -0.05) is 12.2 Å². The van der Waals surface area contributed by atoms with Gasteiger partial charge in [0.2, 0.25) is 5.91 Å². The Morgan fingerprint density at radius 3 is 2.33 bits per heavy atom. The Balaban J connectivity index is 2.17. The van der Waals surface area contributed by atoms with Crippen molar-refractivity contribution in [1.82, 2.24) is 4.90 Å². The van der Waals surface area contributed by atoms with Crippen LogP contribution in [0.1, 0.15) is 18.4 Å². The lowest BCUT2D eigenvalue weighted by Crippen LogP contribution is -2.37. The predicted molar refractivity (Wildman–Crippen MR) is 81.3 cm³/mol. The van der Waals surface area contributed by atoms with Gasteiger partial charge in [-0.3, -0.25) is 4.79 Å². The molecule has 1 fully saturated rings. The van der Waals surface area contributed by atoms with E-state index in [0.717, 1.165) is 25.0 Å². The summed E-state index contributed by atoms with van der Waals surface area (Å²) in [6.07, 6.45) is 1.95. The molecule has 1 aromatic carbocycles. The van der Waals surface area contributed by atoms with Gasteiger partial charge in [-0.25, -0.2) is 8.78 Å². The summed E-state index contributed by atoms with van der Waals surface area (Å²) in [6.45, 7) is 1.34. The van der Waals surface area contributed by atoms with E-state index in [1.54, 1.807) is 4.90 Å². The quantitative estimate of drug-likeness (QED) is 0.859. The lowest BCUT2D eigenvalue weighted by molar-refractivity contribution is -0.128. The van der Waals surface area contributed by atoms with E-state index in [9.17, 15) is 13.6 Å². The average molecular weight is 313 g/mol. The fourth-order valence-electron chi connectivity index (χ4n) is 2.42. The number of likely N-dealkylation sites (tertiary alicyclic amines) is 1. The second-order valence-electron chi connectivity index (χ2n) is 5.10. The van der Waals surface area contributed by atoms with Crippen molar-refractivity contribution in [2.45, 2.75) is 12.8 Å². The van der Waals surface area contributed by atoms with Crippen molar-refractivity contribution in [2.75, 3.05) is 31.6 Å². The number of likely N-dealkylation sites (N-methyl/N-ethyl adjacent to an activating group) is 1. The largest absolute Gasteiger partial charge is 0.389 e. The highest BCUT2D eigenvalue weighted by molar-refractivity contribution is 7.80. The Kier molecular flexibility index (Phi) is 4.72. The van der Waals surface area contributed by atoms with E-state index in [1.165, 1.54) is 11.9 Å². The van der Waals surface area contributed by atoms with Crippen LogP contribution in [0.2, 0.25) is 0 Å². The van der Waals surface area contributed by atoms with Crippen molar-refractivity contribution >= 4 is 28.8 Å². The van der Waals surface area contributed by atoms with Crippen molar-refractivity contribution in [3.8, 4) is 0 Å². The Bertz CT molecular complexity index is 550. The maximum atomic E-state index is 14.0. The molecule has 114 valence electrons. The summed E-state index contributed by atoms with van der Waals surface area (Å²) in [5, 5.41) is 0. The molecule has 1 aliphatic rings. The molecular formula is C14H17F2N3OS. The molecule has 4 nitrogen and oxygen atoms in total. The van der Waals surface area contributed by atoms with Crippen LogP contribution in [0.15, 0.2) is 12.1 Å². The highest BCUT2D eigenvalue weighted by Crippen LogP contribution is 2.24. The smallest absolute Gasteiger partial charge is 0.242 e. The second-order valence-corrected chi connectivity index (χ2v) is 5.54. The molecule has 0 unspecified atom stereocenters. The van der Waals surface area contributed by atoms with Gasteiger partial charge in [0.1, 0.15) is 22.3 Å². The molecule has 1 heterocycles. The third-order valence-electron chi connectivity index (χ3n) is 3.51. The number of halogens is 2. The summed E-state index contributed by atoms with van der Waals surface area (Å²) >= 11 is 4.70. The van der Waals surface area contributed by atoms with Gasteiger partial charge in [-0.2, -0.15) is 0 Å². The van der Waals surface area contributed by atoms with E-state index in [1.807, 2.05) is 0 Å². The average Bonchev–Trinajstić information content (AvgIpc) is 2.91. The summed E-state index contributed by atoms with van der Waals surface area (Å²) in [4.78, 5) is 14.9. The minimum atomic E-state index is -0.783. The molecule has 0 spiro atoms. The topological polar surface area (TPSA) is 49.6 Å². The first-order valence-electron chi connectivity index (χ1n) is 6.68. The molecule has 0 aromatic heterocycles. The highest BCUT2D eigenvalue weighted by atomic mass is 32.1. The Labute approximate surface area is 127 Å². The lowest BCUT2D eigenvalue weighted by Gasteiger charge is -2.23. The van der Waals surface area contributed by atoms with Crippen molar-refractivity contribution in [3.05, 3.63) is 29.3 Å². The SMILES string of the molecule is CN(CC(=O)N1CCCC1)c1c(F)cc(C(N)=S)cc1F. The first kappa shape index (κ1) is 15.6. The number of nitrogens with two attached hydrogens (primary N) is 1. The van der Waals surface area contributed by atoms with Crippen molar-refractivity contribution in [1.29, 1.82) is 0 Å². The van der Waals surface area contributed by atoms with Crippen LogP contribution in [-0.4, -0.2) is 42.5 Å².